The molecule has 0 fully saturated rings. The van der Waals surface area contributed by atoms with Gasteiger partial charge in [0.25, 0.3) is 0 Å². The second-order valence-corrected chi connectivity index (χ2v) is 1.24. The van der Waals surface area contributed by atoms with Crippen LogP contribution in [0.15, 0.2) is 11.6 Å². The summed E-state index contributed by atoms with van der Waals surface area (Å²) in [6.07, 6.45) is 2.37. The van der Waals surface area contributed by atoms with Crippen LogP contribution in [0.2, 0.25) is 0 Å². The lowest BCUT2D eigenvalue weighted by atomic mass is 10.5. The molecule has 0 heterocycles. The van der Waals surface area contributed by atoms with Gasteiger partial charge in [0, 0.05) is 5.57 Å². The van der Waals surface area contributed by atoms with Gasteiger partial charge in [-0.15, -0.1) is 0 Å². The summed E-state index contributed by atoms with van der Waals surface area (Å²) in [5, 5.41) is 7.98. The highest BCUT2D eigenvalue weighted by Gasteiger charge is 2.13. The molecule has 1 aliphatic carbocycles. The van der Waals surface area contributed by atoms with E-state index in [0.29, 0.717) is 12.0 Å². The molecule has 0 aromatic rings. The van der Waals surface area contributed by atoms with Gasteiger partial charge in [0.1, 0.15) is 0 Å². The zero-order valence-corrected chi connectivity index (χ0v) is 3.14. The number of hydrogen-bond acceptors (Lipinski definition) is 1. The van der Waals surface area contributed by atoms with Gasteiger partial charge in [-0.1, -0.05) is 6.08 Å². The zero-order chi connectivity index (χ0) is 4.57. The molecule has 0 atom stereocenters. The van der Waals surface area contributed by atoms with E-state index in [1.54, 1.807) is 6.08 Å². The van der Waals surface area contributed by atoms with Gasteiger partial charge in [-0.05, 0) is 6.42 Å². The summed E-state index contributed by atoms with van der Waals surface area (Å²) >= 11 is 0. The molecular formula is C4H4O2. The average molecular weight is 84.1 g/mol. The number of carbonyl (C=O) groups is 1. The third kappa shape index (κ3) is 0.407. The van der Waals surface area contributed by atoms with Crippen molar-refractivity contribution in [1.29, 1.82) is 0 Å². The van der Waals surface area contributed by atoms with E-state index in [-0.39, 0.29) is 0 Å². The maximum atomic E-state index is 9.69. The highest BCUT2D eigenvalue weighted by atomic mass is 16.4. The minimum absolute atomic E-state index is 0.551. The largest absolute Gasteiger partial charge is 0.478 e. The van der Waals surface area contributed by atoms with Crippen molar-refractivity contribution in [2.75, 3.05) is 0 Å². The molecule has 1 N–H and O–H groups in total. The Labute approximate surface area is 35.1 Å². The van der Waals surface area contributed by atoms with Crippen LogP contribution in [0, 0.1) is 0 Å². The van der Waals surface area contributed by atoms with E-state index in [0.717, 1.165) is 0 Å². The lowest BCUT2D eigenvalue weighted by molar-refractivity contribution is -0.132. The van der Waals surface area contributed by atoms with E-state index >= 15 is 0 Å². The smallest absolute Gasteiger partial charge is 0.331 e. The number of carboxylic acid groups (broad SMARTS) is 1. The van der Waals surface area contributed by atoms with Crippen molar-refractivity contribution in [2.24, 2.45) is 0 Å². The molecule has 6 heavy (non-hydrogen) atoms. The Morgan fingerprint density at radius 3 is 2.50 bits per heavy atom. The maximum Gasteiger partial charge on any atom is 0.331 e. The summed E-state index contributed by atoms with van der Waals surface area (Å²) in [6, 6.07) is 0. The van der Waals surface area contributed by atoms with Gasteiger partial charge in [-0.2, -0.15) is 0 Å². The van der Waals surface area contributed by atoms with Crippen LogP contribution in [0.4, 0.5) is 0 Å². The van der Waals surface area contributed by atoms with Crippen molar-refractivity contribution in [2.45, 2.75) is 6.42 Å². The van der Waals surface area contributed by atoms with E-state index in [4.69, 9.17) is 5.11 Å². The van der Waals surface area contributed by atoms with Gasteiger partial charge in [0.2, 0.25) is 0 Å². The average Bonchev–Trinajstić information content (AvgIpc) is 2.06. The van der Waals surface area contributed by atoms with Gasteiger partial charge < -0.3 is 5.11 Å². The molecule has 0 saturated carbocycles. The van der Waals surface area contributed by atoms with Crippen molar-refractivity contribution >= 4 is 5.97 Å². The molecule has 0 aromatic heterocycles. The van der Waals surface area contributed by atoms with Crippen LogP contribution in [-0.2, 0) is 4.79 Å². The first-order valence-electron chi connectivity index (χ1n) is 1.73. The number of carboxylic acids is 1. The topological polar surface area (TPSA) is 37.3 Å². The van der Waals surface area contributed by atoms with Crippen molar-refractivity contribution in [1.82, 2.24) is 0 Å². The first kappa shape index (κ1) is 3.40. The van der Waals surface area contributed by atoms with Gasteiger partial charge in [0.05, 0.1) is 0 Å². The van der Waals surface area contributed by atoms with Crippen LogP contribution < -0.4 is 0 Å². The molecule has 0 aromatic carbocycles. The number of hydrogen-bond donors (Lipinski definition) is 1. The van der Waals surface area contributed by atoms with Crippen molar-refractivity contribution in [3.63, 3.8) is 0 Å². The fourth-order valence-corrected chi connectivity index (χ4v) is 0.226. The molecule has 0 radical (unpaired) electrons. The normalized spacial score (nSPS) is 16.3. The fourth-order valence-electron chi connectivity index (χ4n) is 0.226. The number of allylic oxidation sites excluding steroid dienone is 1. The molecule has 0 aliphatic heterocycles. The molecule has 0 saturated heterocycles. The lowest BCUT2D eigenvalue weighted by Gasteiger charge is -1.70. The molecule has 32 valence electrons. The SMILES string of the molecule is O=C(O)C1=CC1. The Bertz CT molecular complexity index is 113. The Morgan fingerprint density at radius 2 is 2.50 bits per heavy atom. The van der Waals surface area contributed by atoms with E-state index in [1.807, 2.05) is 0 Å². The third-order valence-corrected chi connectivity index (χ3v) is 0.683. The monoisotopic (exact) mass is 84.0 g/mol. The molecule has 0 amide bonds. The molecule has 2 heteroatoms. The summed E-state index contributed by atoms with van der Waals surface area (Å²) in [6.45, 7) is 0. The van der Waals surface area contributed by atoms with Gasteiger partial charge in [-0.3, -0.25) is 0 Å². The Balaban J connectivity index is 2.52. The Morgan fingerprint density at radius 1 is 2.00 bits per heavy atom. The first-order valence-corrected chi connectivity index (χ1v) is 1.73. The highest BCUT2D eigenvalue weighted by molar-refractivity contribution is 5.91. The number of rotatable bonds is 1. The molecule has 0 spiro atoms. The van der Waals surface area contributed by atoms with E-state index in [2.05, 4.69) is 0 Å². The van der Waals surface area contributed by atoms with Gasteiger partial charge in [0.15, 0.2) is 0 Å². The highest BCUT2D eigenvalue weighted by Crippen LogP contribution is 2.16. The second-order valence-electron chi connectivity index (χ2n) is 1.24. The molecule has 2 nitrogen and oxygen atoms in total. The molecule has 1 rings (SSSR count). The molecule has 1 aliphatic rings. The van der Waals surface area contributed by atoms with Gasteiger partial charge in [-0.25, -0.2) is 4.79 Å². The van der Waals surface area contributed by atoms with Crippen LogP contribution in [0.1, 0.15) is 6.42 Å². The van der Waals surface area contributed by atoms with Crippen LogP contribution in [-0.4, -0.2) is 11.1 Å². The fraction of sp³-hybridized carbons (Fsp3) is 0.250. The lowest BCUT2D eigenvalue weighted by Crippen LogP contribution is -1.87. The van der Waals surface area contributed by atoms with Crippen LogP contribution in [0.5, 0.6) is 0 Å². The summed E-state index contributed by atoms with van der Waals surface area (Å²) in [5.41, 5.74) is 0.551. The van der Waals surface area contributed by atoms with Gasteiger partial charge >= 0.3 is 5.97 Å². The second kappa shape index (κ2) is 0.834. The number of aliphatic carboxylic acids is 1. The first-order chi connectivity index (χ1) is 2.80. The molecule has 0 unspecified atom stereocenters. The van der Waals surface area contributed by atoms with Crippen molar-refractivity contribution in [3.05, 3.63) is 11.6 Å². The Kier molecular flexibility index (Phi) is 0.473. The summed E-state index contributed by atoms with van der Waals surface area (Å²) in [4.78, 5) is 9.69. The third-order valence-electron chi connectivity index (χ3n) is 0.683. The predicted molar refractivity (Wildman–Crippen MR) is 20.3 cm³/mol. The standard InChI is InChI=1S/C4H4O2/c5-4(6)3-1-2-3/h1H,2H2,(H,5,6). The summed E-state index contributed by atoms with van der Waals surface area (Å²) in [5.74, 6) is -0.769. The van der Waals surface area contributed by atoms with Crippen LogP contribution >= 0.6 is 0 Å². The Hall–Kier alpha value is -0.790. The quantitative estimate of drug-likeness (QED) is 0.499. The van der Waals surface area contributed by atoms with Crippen molar-refractivity contribution < 1.29 is 9.90 Å². The predicted octanol–water partition coefficient (Wildman–Crippen LogP) is 0.401. The van der Waals surface area contributed by atoms with Crippen LogP contribution in [0.25, 0.3) is 0 Å². The van der Waals surface area contributed by atoms with Crippen LogP contribution in [0.3, 0.4) is 0 Å². The minimum atomic E-state index is -0.769. The van der Waals surface area contributed by atoms with Crippen molar-refractivity contribution in [3.8, 4) is 0 Å². The molecular weight excluding hydrogens is 80.0 g/mol. The zero-order valence-electron chi connectivity index (χ0n) is 3.14. The molecule has 0 bridgehead atoms. The van der Waals surface area contributed by atoms with E-state index in [1.165, 1.54) is 0 Å². The minimum Gasteiger partial charge on any atom is -0.478 e. The summed E-state index contributed by atoms with van der Waals surface area (Å²) < 4.78 is 0. The maximum absolute atomic E-state index is 9.69. The van der Waals surface area contributed by atoms with E-state index in [9.17, 15) is 4.79 Å². The summed E-state index contributed by atoms with van der Waals surface area (Å²) in [7, 11) is 0. The van der Waals surface area contributed by atoms with E-state index < -0.39 is 5.97 Å².